The highest BCUT2D eigenvalue weighted by Gasteiger charge is 2.31. The predicted molar refractivity (Wildman–Crippen MR) is 61.6 cm³/mol. The molecule has 0 aliphatic carbocycles. The van der Waals surface area contributed by atoms with Crippen molar-refractivity contribution < 1.29 is 9.90 Å². The fourth-order valence-electron chi connectivity index (χ4n) is 1.90. The van der Waals surface area contributed by atoms with Crippen LogP contribution in [0.15, 0.2) is 24.3 Å². The third-order valence-corrected chi connectivity index (χ3v) is 2.93. The van der Waals surface area contributed by atoms with Crippen LogP contribution in [0.1, 0.15) is 11.6 Å². The number of hydrogen-bond donors (Lipinski definition) is 3. The van der Waals surface area contributed by atoms with Gasteiger partial charge in [-0.15, -0.1) is 0 Å². The molecule has 0 aromatic heterocycles. The number of halogens is 1. The lowest BCUT2D eigenvalue weighted by molar-refractivity contribution is -0.140. The van der Waals surface area contributed by atoms with Crippen molar-refractivity contribution >= 4 is 17.6 Å². The normalized spacial score (nSPS) is 25.3. The van der Waals surface area contributed by atoms with Gasteiger partial charge in [-0.3, -0.25) is 4.79 Å². The Labute approximate surface area is 98.6 Å². The quantitative estimate of drug-likeness (QED) is 0.723. The van der Waals surface area contributed by atoms with Gasteiger partial charge in [0.25, 0.3) is 0 Å². The molecule has 2 unspecified atom stereocenters. The maximum atomic E-state index is 11.1. The molecule has 1 aliphatic rings. The Morgan fingerprint density at radius 1 is 1.25 bits per heavy atom. The number of nitrogens with one attached hydrogen (secondary N) is 2. The first-order valence-corrected chi connectivity index (χ1v) is 5.51. The summed E-state index contributed by atoms with van der Waals surface area (Å²) in [6.07, 6.45) is 0. The van der Waals surface area contributed by atoms with Crippen LogP contribution >= 0.6 is 11.6 Å². The Morgan fingerprint density at radius 2 is 1.88 bits per heavy atom. The van der Waals surface area contributed by atoms with Crippen molar-refractivity contribution in [2.45, 2.75) is 12.1 Å². The largest absolute Gasteiger partial charge is 0.480 e. The number of carboxylic acid groups (broad SMARTS) is 1. The maximum Gasteiger partial charge on any atom is 0.322 e. The molecule has 86 valence electrons. The summed E-state index contributed by atoms with van der Waals surface area (Å²) in [7, 11) is 0. The van der Waals surface area contributed by atoms with Gasteiger partial charge in [-0.25, -0.2) is 0 Å². The Balaban J connectivity index is 2.23. The average molecular weight is 241 g/mol. The van der Waals surface area contributed by atoms with Gasteiger partial charge in [0, 0.05) is 18.1 Å². The van der Waals surface area contributed by atoms with Crippen molar-refractivity contribution in [1.82, 2.24) is 10.6 Å². The maximum absolute atomic E-state index is 11.1. The topological polar surface area (TPSA) is 61.4 Å². The first-order chi connectivity index (χ1) is 7.68. The van der Waals surface area contributed by atoms with Crippen LogP contribution in [0.2, 0.25) is 5.02 Å². The Bertz CT molecular complexity index is 380. The zero-order chi connectivity index (χ0) is 11.5. The van der Waals surface area contributed by atoms with Crippen LogP contribution in [0.4, 0.5) is 0 Å². The Kier molecular flexibility index (Phi) is 3.43. The van der Waals surface area contributed by atoms with E-state index < -0.39 is 12.0 Å². The molecular weight excluding hydrogens is 228 g/mol. The van der Waals surface area contributed by atoms with Crippen molar-refractivity contribution in [1.29, 1.82) is 0 Å². The zero-order valence-electron chi connectivity index (χ0n) is 8.61. The molecule has 1 aromatic rings. The van der Waals surface area contributed by atoms with Gasteiger partial charge in [0.1, 0.15) is 6.04 Å². The van der Waals surface area contributed by atoms with Crippen molar-refractivity contribution in [3.05, 3.63) is 34.9 Å². The number of hydrogen-bond acceptors (Lipinski definition) is 3. The molecule has 3 N–H and O–H groups in total. The number of rotatable bonds is 2. The predicted octanol–water partition coefficient (Wildman–Crippen LogP) is 1.03. The fourth-order valence-corrected chi connectivity index (χ4v) is 2.03. The van der Waals surface area contributed by atoms with E-state index >= 15 is 0 Å². The molecule has 2 rings (SSSR count). The second-order valence-corrected chi connectivity index (χ2v) is 4.19. The summed E-state index contributed by atoms with van der Waals surface area (Å²) in [4.78, 5) is 11.1. The highest BCUT2D eigenvalue weighted by Crippen LogP contribution is 2.21. The molecule has 0 radical (unpaired) electrons. The summed E-state index contributed by atoms with van der Waals surface area (Å²) in [5, 5.41) is 15.9. The van der Waals surface area contributed by atoms with Gasteiger partial charge in [-0.2, -0.15) is 0 Å². The van der Waals surface area contributed by atoms with Gasteiger partial charge in [-0.1, -0.05) is 23.7 Å². The molecule has 1 aromatic carbocycles. The second-order valence-electron chi connectivity index (χ2n) is 3.75. The van der Waals surface area contributed by atoms with E-state index in [-0.39, 0.29) is 6.04 Å². The van der Waals surface area contributed by atoms with Gasteiger partial charge in [-0.05, 0) is 17.7 Å². The van der Waals surface area contributed by atoms with Gasteiger partial charge in [0.2, 0.25) is 0 Å². The molecule has 0 spiro atoms. The molecule has 0 saturated carbocycles. The van der Waals surface area contributed by atoms with Crippen molar-refractivity contribution in [2.24, 2.45) is 0 Å². The standard InChI is InChI=1S/C11H13ClN2O2/c12-8-3-1-7(2-4-8)9-10(11(15)16)14-6-5-13-9/h1-4,9-10,13-14H,5-6H2,(H,15,16). The minimum atomic E-state index is -0.841. The molecule has 1 aliphatic heterocycles. The van der Waals surface area contributed by atoms with Gasteiger partial charge in [0.05, 0.1) is 6.04 Å². The van der Waals surface area contributed by atoms with Crippen molar-refractivity contribution in [2.75, 3.05) is 13.1 Å². The SMILES string of the molecule is O=C(O)C1NCCNC1c1ccc(Cl)cc1. The van der Waals surface area contributed by atoms with Crippen LogP contribution in [0.5, 0.6) is 0 Å². The molecule has 1 fully saturated rings. The van der Waals surface area contributed by atoms with Crippen LogP contribution < -0.4 is 10.6 Å². The molecule has 2 atom stereocenters. The number of benzene rings is 1. The van der Waals surface area contributed by atoms with E-state index in [0.717, 1.165) is 12.1 Å². The van der Waals surface area contributed by atoms with Crippen molar-refractivity contribution in [3.8, 4) is 0 Å². The van der Waals surface area contributed by atoms with Crippen LogP contribution in [-0.4, -0.2) is 30.2 Å². The van der Waals surface area contributed by atoms with Gasteiger partial charge in [0.15, 0.2) is 0 Å². The number of carboxylic acids is 1. The van der Waals surface area contributed by atoms with Crippen LogP contribution in [0.25, 0.3) is 0 Å². The molecule has 16 heavy (non-hydrogen) atoms. The highest BCUT2D eigenvalue weighted by atomic mass is 35.5. The van der Waals surface area contributed by atoms with Crippen LogP contribution in [-0.2, 0) is 4.79 Å². The smallest absolute Gasteiger partial charge is 0.322 e. The monoisotopic (exact) mass is 240 g/mol. The zero-order valence-corrected chi connectivity index (χ0v) is 9.37. The average Bonchev–Trinajstić information content (AvgIpc) is 2.30. The first kappa shape index (κ1) is 11.4. The molecular formula is C11H13ClN2O2. The van der Waals surface area contributed by atoms with E-state index in [9.17, 15) is 4.79 Å². The molecule has 1 saturated heterocycles. The van der Waals surface area contributed by atoms with Gasteiger partial charge < -0.3 is 15.7 Å². The first-order valence-electron chi connectivity index (χ1n) is 5.13. The van der Waals surface area contributed by atoms with E-state index in [1.165, 1.54) is 0 Å². The minimum Gasteiger partial charge on any atom is -0.480 e. The lowest BCUT2D eigenvalue weighted by atomic mass is 9.97. The molecule has 4 nitrogen and oxygen atoms in total. The summed E-state index contributed by atoms with van der Waals surface area (Å²) in [5.74, 6) is -0.841. The van der Waals surface area contributed by atoms with E-state index in [2.05, 4.69) is 10.6 Å². The fraction of sp³-hybridized carbons (Fsp3) is 0.364. The Hall–Kier alpha value is -1.10. The third kappa shape index (κ3) is 2.35. The van der Waals surface area contributed by atoms with Crippen molar-refractivity contribution in [3.63, 3.8) is 0 Å². The summed E-state index contributed by atoms with van der Waals surface area (Å²) in [6, 6.07) is 6.45. The van der Waals surface area contributed by atoms with E-state index in [0.29, 0.717) is 11.6 Å². The second kappa shape index (κ2) is 4.82. The minimum absolute atomic E-state index is 0.205. The van der Waals surface area contributed by atoms with E-state index in [4.69, 9.17) is 16.7 Å². The number of carbonyl (C=O) groups is 1. The van der Waals surface area contributed by atoms with E-state index in [1.807, 2.05) is 12.1 Å². The highest BCUT2D eigenvalue weighted by molar-refractivity contribution is 6.30. The molecule has 0 bridgehead atoms. The molecule has 1 heterocycles. The molecule has 5 heteroatoms. The summed E-state index contributed by atoms with van der Waals surface area (Å²) >= 11 is 5.80. The summed E-state index contributed by atoms with van der Waals surface area (Å²) < 4.78 is 0. The Morgan fingerprint density at radius 3 is 2.50 bits per heavy atom. The summed E-state index contributed by atoms with van der Waals surface area (Å²) in [5.41, 5.74) is 0.934. The third-order valence-electron chi connectivity index (χ3n) is 2.68. The molecule has 0 amide bonds. The van der Waals surface area contributed by atoms with Crippen LogP contribution in [0, 0.1) is 0 Å². The lowest BCUT2D eigenvalue weighted by Crippen LogP contribution is -2.54. The lowest BCUT2D eigenvalue weighted by Gasteiger charge is -2.31. The van der Waals surface area contributed by atoms with Crippen LogP contribution in [0.3, 0.4) is 0 Å². The van der Waals surface area contributed by atoms with Gasteiger partial charge >= 0.3 is 5.97 Å². The number of piperazine rings is 1. The summed E-state index contributed by atoms with van der Waals surface area (Å²) in [6.45, 7) is 1.43. The van der Waals surface area contributed by atoms with E-state index in [1.54, 1.807) is 12.1 Å². The number of aliphatic carboxylic acids is 1.